The van der Waals surface area contributed by atoms with E-state index in [0.717, 1.165) is 0 Å². The van der Waals surface area contributed by atoms with E-state index in [1.165, 1.54) is 14.2 Å². The molecule has 0 radical (unpaired) electrons. The Hall–Kier alpha value is -2.44. The number of piperidine rings is 1. The molecule has 1 amide bonds. The quantitative estimate of drug-likeness (QED) is 0.847. The molecule has 1 aliphatic heterocycles. The lowest BCUT2D eigenvalue weighted by Gasteiger charge is -2.30. The Labute approximate surface area is 134 Å². The summed E-state index contributed by atoms with van der Waals surface area (Å²) in [5.74, 6) is -1.17. The van der Waals surface area contributed by atoms with Gasteiger partial charge in [0.15, 0.2) is 11.5 Å². The van der Waals surface area contributed by atoms with E-state index in [9.17, 15) is 14.7 Å². The first-order chi connectivity index (χ1) is 11.0. The molecule has 1 unspecified atom stereocenters. The van der Waals surface area contributed by atoms with Crippen LogP contribution in [0.1, 0.15) is 18.4 Å². The Morgan fingerprint density at radius 3 is 2.39 bits per heavy atom. The highest BCUT2D eigenvalue weighted by Gasteiger charge is 2.28. The third-order valence-corrected chi connectivity index (χ3v) is 4.02. The normalized spacial score (nSPS) is 17.7. The van der Waals surface area contributed by atoms with Crippen LogP contribution < -0.4 is 9.47 Å². The largest absolute Gasteiger partial charge is 0.502 e. The molecule has 1 fully saturated rings. The molecule has 0 aromatic heterocycles. The van der Waals surface area contributed by atoms with Crippen molar-refractivity contribution < 1.29 is 29.3 Å². The molecule has 126 valence electrons. The van der Waals surface area contributed by atoms with Crippen LogP contribution in [0.4, 0.5) is 0 Å². The Morgan fingerprint density at radius 1 is 1.26 bits per heavy atom. The summed E-state index contributed by atoms with van der Waals surface area (Å²) in [7, 11) is 2.84. The van der Waals surface area contributed by atoms with Gasteiger partial charge in [-0.2, -0.15) is 0 Å². The van der Waals surface area contributed by atoms with Crippen molar-refractivity contribution in [3.63, 3.8) is 0 Å². The lowest BCUT2D eigenvalue weighted by atomic mass is 9.97. The molecule has 23 heavy (non-hydrogen) atoms. The molecule has 1 aromatic carbocycles. The Balaban J connectivity index is 2.12. The Bertz CT molecular complexity index is 575. The zero-order chi connectivity index (χ0) is 17.0. The average Bonchev–Trinajstić information content (AvgIpc) is 2.56. The van der Waals surface area contributed by atoms with Crippen LogP contribution in [0.3, 0.4) is 0 Å². The number of aliphatic carboxylic acids is 1. The third kappa shape index (κ3) is 3.85. The van der Waals surface area contributed by atoms with Gasteiger partial charge in [-0.05, 0) is 30.5 Å². The molecular weight excluding hydrogens is 302 g/mol. The van der Waals surface area contributed by atoms with Crippen molar-refractivity contribution in [3.05, 3.63) is 17.7 Å². The maximum atomic E-state index is 12.4. The molecule has 1 aliphatic rings. The maximum Gasteiger partial charge on any atom is 0.308 e. The smallest absolute Gasteiger partial charge is 0.308 e. The highest BCUT2D eigenvalue weighted by atomic mass is 16.5. The van der Waals surface area contributed by atoms with Crippen LogP contribution in [0.5, 0.6) is 17.2 Å². The maximum absolute atomic E-state index is 12.4. The lowest BCUT2D eigenvalue weighted by molar-refractivity contribution is -0.145. The van der Waals surface area contributed by atoms with Crippen molar-refractivity contribution >= 4 is 11.9 Å². The van der Waals surface area contributed by atoms with Crippen LogP contribution in [0.15, 0.2) is 12.1 Å². The van der Waals surface area contributed by atoms with E-state index in [0.29, 0.717) is 24.9 Å². The topological polar surface area (TPSA) is 96.3 Å². The second kappa shape index (κ2) is 7.21. The number of phenols is 1. The highest BCUT2D eigenvalue weighted by Crippen LogP contribution is 2.37. The van der Waals surface area contributed by atoms with Gasteiger partial charge in [0, 0.05) is 13.1 Å². The zero-order valence-corrected chi connectivity index (χ0v) is 13.2. The number of hydrogen-bond acceptors (Lipinski definition) is 5. The van der Waals surface area contributed by atoms with Gasteiger partial charge in [0.05, 0.1) is 26.6 Å². The molecule has 1 aromatic rings. The molecule has 0 aliphatic carbocycles. The minimum absolute atomic E-state index is 0.0966. The van der Waals surface area contributed by atoms with Crippen LogP contribution in [0.2, 0.25) is 0 Å². The van der Waals surface area contributed by atoms with E-state index in [2.05, 4.69) is 0 Å². The summed E-state index contributed by atoms with van der Waals surface area (Å²) in [6, 6.07) is 3.16. The van der Waals surface area contributed by atoms with E-state index in [1.54, 1.807) is 17.0 Å². The van der Waals surface area contributed by atoms with Gasteiger partial charge >= 0.3 is 5.97 Å². The van der Waals surface area contributed by atoms with Crippen molar-refractivity contribution in [3.8, 4) is 17.2 Å². The molecule has 1 atom stereocenters. The van der Waals surface area contributed by atoms with E-state index in [1.807, 2.05) is 0 Å². The molecular formula is C16H21NO6. The van der Waals surface area contributed by atoms with Crippen LogP contribution >= 0.6 is 0 Å². The number of aromatic hydroxyl groups is 1. The standard InChI is InChI=1S/C16H21NO6/c1-22-12-6-10(7-13(23-2)15(12)19)8-14(18)17-5-3-4-11(9-17)16(20)21/h6-7,11,19H,3-5,8-9H2,1-2H3,(H,20,21). The van der Waals surface area contributed by atoms with Crippen molar-refractivity contribution in [1.82, 2.24) is 4.90 Å². The molecule has 0 saturated carbocycles. The molecule has 0 spiro atoms. The summed E-state index contributed by atoms with van der Waals surface area (Å²) in [4.78, 5) is 25.1. The Kier molecular flexibility index (Phi) is 5.31. The second-order valence-electron chi connectivity index (χ2n) is 5.54. The van der Waals surface area contributed by atoms with Gasteiger partial charge in [-0.25, -0.2) is 0 Å². The molecule has 7 heteroatoms. The number of likely N-dealkylation sites (tertiary alicyclic amines) is 1. The van der Waals surface area contributed by atoms with Gasteiger partial charge in [-0.15, -0.1) is 0 Å². The first-order valence-corrected chi connectivity index (χ1v) is 7.40. The summed E-state index contributed by atoms with van der Waals surface area (Å²) in [6.07, 6.45) is 1.38. The number of carbonyl (C=O) groups is 2. The fraction of sp³-hybridized carbons (Fsp3) is 0.500. The van der Waals surface area contributed by atoms with Crippen LogP contribution in [-0.4, -0.2) is 54.3 Å². The van der Waals surface area contributed by atoms with Gasteiger partial charge < -0.3 is 24.6 Å². The molecule has 2 N–H and O–H groups in total. The average molecular weight is 323 g/mol. The first-order valence-electron chi connectivity index (χ1n) is 7.40. The number of nitrogens with zero attached hydrogens (tertiary/aromatic N) is 1. The van der Waals surface area contributed by atoms with Crippen LogP contribution in [0, 0.1) is 5.92 Å². The summed E-state index contributed by atoms with van der Waals surface area (Å²) in [5.41, 5.74) is 0.638. The predicted octanol–water partition coefficient (Wildman–Crippen LogP) is 1.28. The van der Waals surface area contributed by atoms with Crippen molar-refractivity contribution in [2.45, 2.75) is 19.3 Å². The summed E-state index contributed by atoms with van der Waals surface area (Å²) in [5, 5.41) is 19.0. The van der Waals surface area contributed by atoms with Gasteiger partial charge in [0.1, 0.15) is 0 Å². The van der Waals surface area contributed by atoms with Gasteiger partial charge in [0.25, 0.3) is 0 Å². The minimum atomic E-state index is -0.865. The monoisotopic (exact) mass is 323 g/mol. The minimum Gasteiger partial charge on any atom is -0.502 e. The van der Waals surface area contributed by atoms with Crippen molar-refractivity contribution in [2.24, 2.45) is 5.92 Å². The van der Waals surface area contributed by atoms with Gasteiger partial charge in [-0.3, -0.25) is 9.59 Å². The van der Waals surface area contributed by atoms with E-state index in [4.69, 9.17) is 14.6 Å². The summed E-state index contributed by atoms with van der Waals surface area (Å²) >= 11 is 0. The first kappa shape index (κ1) is 16.9. The third-order valence-electron chi connectivity index (χ3n) is 4.02. The van der Waals surface area contributed by atoms with E-state index >= 15 is 0 Å². The number of carboxylic acid groups (broad SMARTS) is 1. The van der Waals surface area contributed by atoms with Crippen LogP contribution in [-0.2, 0) is 16.0 Å². The van der Waals surface area contributed by atoms with Crippen molar-refractivity contribution in [1.29, 1.82) is 0 Å². The SMILES string of the molecule is COc1cc(CC(=O)N2CCCC(C(=O)O)C2)cc(OC)c1O. The number of hydrogen-bond donors (Lipinski definition) is 2. The predicted molar refractivity (Wildman–Crippen MR) is 81.9 cm³/mol. The molecule has 0 bridgehead atoms. The number of carbonyl (C=O) groups excluding carboxylic acids is 1. The van der Waals surface area contributed by atoms with Gasteiger partial charge in [-0.1, -0.05) is 0 Å². The second-order valence-corrected chi connectivity index (χ2v) is 5.54. The summed E-state index contributed by atoms with van der Waals surface area (Å²) in [6.45, 7) is 0.801. The number of benzene rings is 1. The number of carboxylic acids is 1. The molecule has 1 heterocycles. The van der Waals surface area contributed by atoms with Crippen LogP contribution in [0.25, 0.3) is 0 Å². The fourth-order valence-electron chi connectivity index (χ4n) is 2.74. The highest BCUT2D eigenvalue weighted by molar-refractivity contribution is 5.80. The molecule has 1 saturated heterocycles. The molecule has 2 rings (SSSR count). The fourth-order valence-corrected chi connectivity index (χ4v) is 2.74. The van der Waals surface area contributed by atoms with E-state index < -0.39 is 11.9 Å². The number of ether oxygens (including phenoxy) is 2. The molecule has 7 nitrogen and oxygen atoms in total. The number of amides is 1. The number of rotatable bonds is 5. The van der Waals surface area contributed by atoms with Gasteiger partial charge in [0.2, 0.25) is 11.7 Å². The number of methoxy groups -OCH3 is 2. The lowest BCUT2D eigenvalue weighted by Crippen LogP contribution is -2.43. The van der Waals surface area contributed by atoms with E-state index in [-0.39, 0.29) is 36.1 Å². The van der Waals surface area contributed by atoms with Crippen molar-refractivity contribution in [2.75, 3.05) is 27.3 Å². The number of phenolic OH excluding ortho intramolecular Hbond substituents is 1. The zero-order valence-electron chi connectivity index (χ0n) is 13.2. The summed E-state index contributed by atoms with van der Waals surface area (Å²) < 4.78 is 10.1. The Morgan fingerprint density at radius 2 is 1.87 bits per heavy atom.